The van der Waals surface area contributed by atoms with Gasteiger partial charge in [0.25, 0.3) is 11.8 Å². The standard InChI is InChI=1S/C25H24ClN3O4S/c26-19-8-6-18(7-9-19)16-33-25(10-11-25)24(32)29-20(14-17-4-2-1-3-5-17)22(30)23(31)28-15-21-27-12-13-34-21/h1-9,12-13,20H,10-11,14-16H2,(H,28,31)(H,29,32)/t20-/m1/s1. The van der Waals surface area contributed by atoms with Gasteiger partial charge in [-0.15, -0.1) is 11.3 Å². The van der Waals surface area contributed by atoms with Crippen molar-refractivity contribution in [2.45, 2.75) is 44.1 Å². The Morgan fingerprint density at radius 2 is 1.79 bits per heavy atom. The van der Waals surface area contributed by atoms with E-state index in [0.29, 0.717) is 22.9 Å². The van der Waals surface area contributed by atoms with Crippen molar-refractivity contribution in [2.75, 3.05) is 0 Å². The predicted octanol–water partition coefficient (Wildman–Crippen LogP) is 3.46. The number of nitrogens with one attached hydrogen (secondary N) is 2. The van der Waals surface area contributed by atoms with Gasteiger partial charge in [0.2, 0.25) is 5.78 Å². The number of thiazole rings is 1. The first-order valence-corrected chi connectivity index (χ1v) is 12.1. The Kier molecular flexibility index (Phi) is 7.72. The highest BCUT2D eigenvalue weighted by Crippen LogP contribution is 2.40. The van der Waals surface area contributed by atoms with Crippen LogP contribution in [0.5, 0.6) is 0 Å². The maximum Gasteiger partial charge on any atom is 0.289 e. The number of hydrogen-bond acceptors (Lipinski definition) is 6. The van der Waals surface area contributed by atoms with Gasteiger partial charge in [0.1, 0.15) is 16.7 Å². The third kappa shape index (κ3) is 6.28. The van der Waals surface area contributed by atoms with E-state index in [-0.39, 0.29) is 25.5 Å². The zero-order valence-electron chi connectivity index (χ0n) is 18.3. The molecule has 0 bridgehead atoms. The molecule has 176 valence electrons. The monoisotopic (exact) mass is 497 g/mol. The molecule has 1 aromatic heterocycles. The first-order valence-electron chi connectivity index (χ1n) is 10.9. The lowest BCUT2D eigenvalue weighted by molar-refractivity contribution is -0.143. The minimum atomic E-state index is -1.01. The summed E-state index contributed by atoms with van der Waals surface area (Å²) in [4.78, 5) is 42.8. The Bertz CT molecular complexity index is 1130. The van der Waals surface area contributed by atoms with Gasteiger partial charge >= 0.3 is 0 Å². The first kappa shape index (κ1) is 24.1. The highest BCUT2D eigenvalue weighted by Gasteiger charge is 2.52. The predicted molar refractivity (Wildman–Crippen MR) is 129 cm³/mol. The number of ether oxygens (including phenoxy) is 1. The van der Waals surface area contributed by atoms with Gasteiger partial charge in [-0.1, -0.05) is 54.1 Å². The number of halogens is 1. The van der Waals surface area contributed by atoms with Crippen LogP contribution in [0.25, 0.3) is 0 Å². The van der Waals surface area contributed by atoms with E-state index in [1.807, 2.05) is 42.5 Å². The van der Waals surface area contributed by atoms with Crippen LogP contribution in [0.3, 0.4) is 0 Å². The van der Waals surface area contributed by atoms with Crippen LogP contribution in [0.1, 0.15) is 29.0 Å². The lowest BCUT2D eigenvalue weighted by Gasteiger charge is -2.22. The van der Waals surface area contributed by atoms with Crippen LogP contribution >= 0.6 is 22.9 Å². The van der Waals surface area contributed by atoms with E-state index in [2.05, 4.69) is 15.6 Å². The largest absolute Gasteiger partial charge is 0.360 e. The Labute approximate surface area is 206 Å². The fraction of sp³-hybridized carbons (Fsp3) is 0.280. The Morgan fingerprint density at radius 1 is 1.06 bits per heavy atom. The summed E-state index contributed by atoms with van der Waals surface area (Å²) in [7, 11) is 0. The zero-order chi connectivity index (χ0) is 24.0. The lowest BCUT2D eigenvalue weighted by Crippen LogP contribution is -2.52. The summed E-state index contributed by atoms with van der Waals surface area (Å²) in [5.74, 6) is -1.85. The molecule has 3 aromatic rings. The molecule has 9 heteroatoms. The molecule has 4 rings (SSSR count). The fourth-order valence-corrected chi connectivity index (χ4v) is 4.12. The molecule has 2 aromatic carbocycles. The van der Waals surface area contributed by atoms with Crippen LogP contribution in [-0.2, 0) is 38.7 Å². The molecule has 0 aliphatic heterocycles. The van der Waals surface area contributed by atoms with Crippen LogP contribution in [-0.4, -0.2) is 34.2 Å². The molecule has 0 radical (unpaired) electrons. The average molecular weight is 498 g/mol. The number of carbonyl (C=O) groups excluding carboxylic acids is 3. The number of carbonyl (C=O) groups is 3. The van der Waals surface area contributed by atoms with Crippen molar-refractivity contribution in [3.63, 3.8) is 0 Å². The number of rotatable bonds is 11. The number of amides is 2. The lowest BCUT2D eigenvalue weighted by atomic mass is 10.0. The van der Waals surface area contributed by atoms with Crippen molar-refractivity contribution in [1.29, 1.82) is 0 Å². The number of hydrogen-bond donors (Lipinski definition) is 2. The molecular weight excluding hydrogens is 474 g/mol. The molecule has 2 amide bonds. The van der Waals surface area contributed by atoms with Crippen LogP contribution in [0.15, 0.2) is 66.2 Å². The maximum atomic E-state index is 13.1. The third-order valence-corrected chi connectivity index (χ3v) is 6.59. The van der Waals surface area contributed by atoms with Crippen molar-refractivity contribution in [2.24, 2.45) is 0 Å². The van der Waals surface area contributed by atoms with Gasteiger partial charge in [0.05, 0.1) is 13.2 Å². The average Bonchev–Trinajstić information content (AvgIpc) is 3.47. The van der Waals surface area contributed by atoms with Crippen molar-refractivity contribution < 1.29 is 19.1 Å². The number of benzene rings is 2. The normalized spacial score (nSPS) is 14.7. The number of ketones is 1. The quantitative estimate of drug-likeness (QED) is 0.395. The molecule has 2 N–H and O–H groups in total. The molecule has 1 saturated carbocycles. The molecule has 0 saturated heterocycles. The molecule has 1 aliphatic rings. The van der Waals surface area contributed by atoms with Crippen LogP contribution in [0.4, 0.5) is 0 Å². The van der Waals surface area contributed by atoms with E-state index in [0.717, 1.165) is 11.1 Å². The molecule has 1 aliphatic carbocycles. The number of nitrogens with zero attached hydrogens (tertiary/aromatic N) is 1. The minimum Gasteiger partial charge on any atom is -0.360 e. The van der Waals surface area contributed by atoms with Gasteiger partial charge in [0, 0.05) is 23.0 Å². The zero-order valence-corrected chi connectivity index (χ0v) is 19.9. The SMILES string of the molecule is O=C(NCc1nccs1)C(=O)[C@@H](Cc1ccccc1)NC(=O)C1(OCc2ccc(Cl)cc2)CC1. The summed E-state index contributed by atoms with van der Waals surface area (Å²) < 4.78 is 5.94. The highest BCUT2D eigenvalue weighted by atomic mass is 35.5. The summed E-state index contributed by atoms with van der Waals surface area (Å²) in [6, 6.07) is 15.4. The Hall–Kier alpha value is -3.07. The molecular formula is C25H24ClN3O4S. The van der Waals surface area contributed by atoms with Crippen LogP contribution in [0.2, 0.25) is 5.02 Å². The molecule has 1 atom stereocenters. The smallest absolute Gasteiger partial charge is 0.289 e. The van der Waals surface area contributed by atoms with Gasteiger partial charge < -0.3 is 15.4 Å². The Morgan fingerprint density at radius 3 is 2.44 bits per heavy atom. The second-order valence-electron chi connectivity index (χ2n) is 8.10. The maximum absolute atomic E-state index is 13.1. The molecule has 0 unspecified atom stereocenters. The minimum absolute atomic E-state index is 0.155. The van der Waals surface area contributed by atoms with E-state index in [1.165, 1.54) is 11.3 Å². The number of Topliss-reactive ketones (excluding diaryl/α,β-unsaturated/α-hetero) is 1. The van der Waals surface area contributed by atoms with Crippen molar-refractivity contribution in [3.8, 4) is 0 Å². The summed E-state index contributed by atoms with van der Waals surface area (Å²) in [6.07, 6.45) is 2.93. The molecule has 1 fully saturated rings. The summed E-state index contributed by atoms with van der Waals surface area (Å²) >= 11 is 7.31. The second kappa shape index (κ2) is 10.9. The number of aromatic nitrogens is 1. The van der Waals surface area contributed by atoms with Gasteiger partial charge in [-0.05, 0) is 36.1 Å². The van der Waals surface area contributed by atoms with Crippen molar-refractivity contribution in [3.05, 3.63) is 87.3 Å². The molecule has 34 heavy (non-hydrogen) atoms. The topological polar surface area (TPSA) is 97.4 Å². The van der Waals surface area contributed by atoms with Gasteiger partial charge in [-0.3, -0.25) is 14.4 Å². The first-order chi connectivity index (χ1) is 16.4. The van der Waals surface area contributed by atoms with Crippen LogP contribution < -0.4 is 10.6 Å². The van der Waals surface area contributed by atoms with E-state index in [1.54, 1.807) is 23.7 Å². The van der Waals surface area contributed by atoms with E-state index in [9.17, 15) is 14.4 Å². The highest BCUT2D eigenvalue weighted by molar-refractivity contribution is 7.09. The van der Waals surface area contributed by atoms with Gasteiger partial charge in [-0.25, -0.2) is 4.98 Å². The second-order valence-corrected chi connectivity index (χ2v) is 9.51. The van der Waals surface area contributed by atoms with Crippen molar-refractivity contribution >= 4 is 40.5 Å². The summed E-state index contributed by atoms with van der Waals surface area (Å²) in [5.41, 5.74) is 0.731. The van der Waals surface area contributed by atoms with E-state index < -0.39 is 23.3 Å². The van der Waals surface area contributed by atoms with E-state index >= 15 is 0 Å². The van der Waals surface area contributed by atoms with Gasteiger partial charge in [-0.2, -0.15) is 0 Å². The van der Waals surface area contributed by atoms with Crippen LogP contribution in [0, 0.1) is 0 Å². The van der Waals surface area contributed by atoms with Gasteiger partial charge in [0.15, 0.2) is 0 Å². The molecule has 1 heterocycles. The summed E-state index contributed by atoms with van der Waals surface area (Å²) in [5, 5.41) is 8.48. The third-order valence-electron chi connectivity index (χ3n) is 5.56. The fourth-order valence-electron chi connectivity index (χ4n) is 3.44. The molecule has 0 spiro atoms. The Balaban J connectivity index is 1.41. The summed E-state index contributed by atoms with van der Waals surface area (Å²) in [6.45, 7) is 0.401. The van der Waals surface area contributed by atoms with E-state index in [4.69, 9.17) is 16.3 Å². The van der Waals surface area contributed by atoms with Crippen molar-refractivity contribution in [1.82, 2.24) is 15.6 Å². The molecule has 7 nitrogen and oxygen atoms in total.